The molecule has 6 nitrogen and oxygen atoms in total. The zero-order valence-corrected chi connectivity index (χ0v) is 12.6. The number of nitrogens with one attached hydrogen (secondary N) is 2. The van der Waals surface area contributed by atoms with Gasteiger partial charge in [0.2, 0.25) is 5.82 Å². The number of hydrogen-bond acceptors (Lipinski definition) is 4. The van der Waals surface area contributed by atoms with Crippen molar-refractivity contribution in [1.29, 1.82) is 0 Å². The van der Waals surface area contributed by atoms with Crippen LogP contribution in [0, 0.1) is 5.92 Å². The van der Waals surface area contributed by atoms with E-state index in [-0.39, 0.29) is 5.91 Å². The summed E-state index contributed by atoms with van der Waals surface area (Å²) in [5.41, 5.74) is 0. The number of aromatic amines is 1. The van der Waals surface area contributed by atoms with E-state index in [9.17, 15) is 4.79 Å². The van der Waals surface area contributed by atoms with Gasteiger partial charge in [0, 0.05) is 25.6 Å². The van der Waals surface area contributed by atoms with Crippen molar-refractivity contribution >= 4 is 5.91 Å². The molecule has 20 heavy (non-hydrogen) atoms. The number of aromatic nitrogens is 3. The van der Waals surface area contributed by atoms with Crippen molar-refractivity contribution < 1.29 is 4.79 Å². The number of rotatable bonds is 6. The molecule has 1 aromatic rings. The van der Waals surface area contributed by atoms with Crippen LogP contribution in [0.4, 0.5) is 0 Å². The highest BCUT2D eigenvalue weighted by Crippen LogP contribution is 2.11. The predicted octanol–water partition coefficient (Wildman–Crippen LogP) is 1.22. The van der Waals surface area contributed by atoms with E-state index in [0.717, 1.165) is 38.3 Å². The van der Waals surface area contributed by atoms with Gasteiger partial charge < -0.3 is 10.2 Å². The molecule has 112 valence electrons. The summed E-state index contributed by atoms with van der Waals surface area (Å²) in [6, 6.07) is 0.405. The second-order valence-corrected chi connectivity index (χ2v) is 5.86. The average molecular weight is 279 g/mol. The molecule has 2 heterocycles. The molecule has 2 rings (SSSR count). The van der Waals surface area contributed by atoms with Gasteiger partial charge in [0.25, 0.3) is 5.91 Å². The molecule has 1 saturated heterocycles. The Morgan fingerprint density at radius 2 is 2.30 bits per heavy atom. The first-order chi connectivity index (χ1) is 9.60. The number of H-pyrrole nitrogens is 1. The van der Waals surface area contributed by atoms with Gasteiger partial charge in [-0.25, -0.2) is 4.98 Å². The summed E-state index contributed by atoms with van der Waals surface area (Å²) in [5, 5.41) is 10.3. The van der Waals surface area contributed by atoms with E-state index < -0.39 is 0 Å². The monoisotopic (exact) mass is 279 g/mol. The van der Waals surface area contributed by atoms with Crippen molar-refractivity contribution in [3.8, 4) is 0 Å². The van der Waals surface area contributed by atoms with Crippen molar-refractivity contribution in [2.75, 3.05) is 19.6 Å². The molecule has 1 aliphatic heterocycles. The van der Waals surface area contributed by atoms with Gasteiger partial charge in [-0.1, -0.05) is 20.8 Å². The maximum absolute atomic E-state index is 12.6. The van der Waals surface area contributed by atoms with Crippen LogP contribution in [0.2, 0.25) is 0 Å². The molecule has 0 saturated carbocycles. The number of carbonyl (C=O) groups is 1. The highest BCUT2D eigenvalue weighted by atomic mass is 16.2. The molecular weight excluding hydrogens is 254 g/mol. The van der Waals surface area contributed by atoms with E-state index in [1.54, 1.807) is 0 Å². The van der Waals surface area contributed by atoms with Crippen LogP contribution in [0.3, 0.4) is 0 Å². The van der Waals surface area contributed by atoms with E-state index in [4.69, 9.17) is 0 Å². The van der Waals surface area contributed by atoms with E-state index in [1.165, 1.54) is 6.42 Å². The van der Waals surface area contributed by atoms with Crippen LogP contribution in [0.25, 0.3) is 0 Å². The Balaban J connectivity index is 2.05. The molecule has 2 N–H and O–H groups in total. The number of carbonyl (C=O) groups excluding carboxylic acids is 1. The zero-order valence-electron chi connectivity index (χ0n) is 12.6. The second kappa shape index (κ2) is 6.83. The van der Waals surface area contributed by atoms with Crippen molar-refractivity contribution in [2.24, 2.45) is 5.92 Å². The topological polar surface area (TPSA) is 73.9 Å². The number of aryl methyl sites for hydroxylation is 1. The van der Waals surface area contributed by atoms with Gasteiger partial charge >= 0.3 is 0 Å². The Morgan fingerprint density at radius 1 is 1.50 bits per heavy atom. The summed E-state index contributed by atoms with van der Waals surface area (Å²) in [4.78, 5) is 18.7. The molecule has 0 spiro atoms. The zero-order chi connectivity index (χ0) is 14.5. The molecule has 0 bridgehead atoms. The van der Waals surface area contributed by atoms with Gasteiger partial charge in [-0.05, 0) is 25.3 Å². The van der Waals surface area contributed by atoms with Gasteiger partial charge in [0.15, 0.2) is 0 Å². The van der Waals surface area contributed by atoms with Crippen LogP contribution in [0.1, 0.15) is 50.1 Å². The second-order valence-electron chi connectivity index (χ2n) is 5.86. The van der Waals surface area contributed by atoms with Crippen LogP contribution in [-0.2, 0) is 6.42 Å². The number of amides is 1. The van der Waals surface area contributed by atoms with Crippen LogP contribution in [0.15, 0.2) is 0 Å². The van der Waals surface area contributed by atoms with Gasteiger partial charge in [0.05, 0.1) is 0 Å². The lowest BCUT2D eigenvalue weighted by molar-refractivity contribution is 0.0709. The first kappa shape index (κ1) is 15.0. The standard InChI is InChI=1S/C14H25N5O/c1-4-12-16-13(18-17-12)14(20)19(8-10(2)3)9-11-6-5-7-15-11/h10-11,15H,4-9H2,1-3H3,(H,16,17,18). The fourth-order valence-corrected chi connectivity index (χ4v) is 2.55. The molecule has 1 amide bonds. The van der Waals surface area contributed by atoms with Gasteiger partial charge in [-0.15, -0.1) is 5.10 Å². The lowest BCUT2D eigenvalue weighted by Gasteiger charge is -2.26. The smallest absolute Gasteiger partial charge is 0.293 e. The van der Waals surface area contributed by atoms with E-state index in [2.05, 4.69) is 34.3 Å². The minimum Gasteiger partial charge on any atom is -0.334 e. The Labute approximate surface area is 120 Å². The largest absolute Gasteiger partial charge is 0.334 e. The first-order valence-corrected chi connectivity index (χ1v) is 7.54. The summed E-state index contributed by atoms with van der Waals surface area (Å²) >= 11 is 0. The van der Waals surface area contributed by atoms with Crippen molar-refractivity contribution in [3.63, 3.8) is 0 Å². The fourth-order valence-electron chi connectivity index (χ4n) is 2.55. The van der Waals surface area contributed by atoms with Crippen molar-refractivity contribution in [3.05, 3.63) is 11.6 Å². The van der Waals surface area contributed by atoms with Crippen LogP contribution in [-0.4, -0.2) is 51.7 Å². The molecule has 0 aromatic carbocycles. The summed E-state index contributed by atoms with van der Waals surface area (Å²) in [6.45, 7) is 8.77. The number of hydrogen-bond donors (Lipinski definition) is 2. The van der Waals surface area contributed by atoms with Crippen LogP contribution >= 0.6 is 0 Å². The third-order valence-corrected chi connectivity index (χ3v) is 3.53. The summed E-state index contributed by atoms with van der Waals surface area (Å²) in [6.07, 6.45) is 3.08. The molecule has 1 fully saturated rings. The predicted molar refractivity (Wildman–Crippen MR) is 77.5 cm³/mol. The highest BCUT2D eigenvalue weighted by molar-refractivity contribution is 5.90. The maximum atomic E-state index is 12.6. The Kier molecular flexibility index (Phi) is 5.11. The molecule has 1 aliphatic rings. The molecular formula is C14H25N5O. The minimum absolute atomic E-state index is 0.0663. The van der Waals surface area contributed by atoms with Crippen molar-refractivity contribution in [1.82, 2.24) is 25.4 Å². The van der Waals surface area contributed by atoms with Crippen molar-refractivity contribution in [2.45, 2.75) is 46.1 Å². The third-order valence-electron chi connectivity index (χ3n) is 3.53. The van der Waals surface area contributed by atoms with E-state index in [1.807, 2.05) is 11.8 Å². The third kappa shape index (κ3) is 3.79. The SMILES string of the molecule is CCc1nc(C(=O)N(CC(C)C)CC2CCCN2)n[nH]1. The van der Waals surface area contributed by atoms with Gasteiger partial charge in [-0.2, -0.15) is 0 Å². The van der Waals surface area contributed by atoms with Gasteiger partial charge in [0.1, 0.15) is 5.82 Å². The lowest BCUT2D eigenvalue weighted by Crippen LogP contribution is -2.43. The molecule has 1 unspecified atom stereocenters. The van der Waals surface area contributed by atoms with Crippen LogP contribution < -0.4 is 5.32 Å². The molecule has 0 aliphatic carbocycles. The lowest BCUT2D eigenvalue weighted by atomic mass is 10.1. The Bertz CT molecular complexity index is 437. The quantitative estimate of drug-likeness (QED) is 0.821. The Morgan fingerprint density at radius 3 is 2.85 bits per heavy atom. The number of nitrogens with zero attached hydrogens (tertiary/aromatic N) is 3. The summed E-state index contributed by atoms with van der Waals surface area (Å²) in [5.74, 6) is 1.42. The fraction of sp³-hybridized carbons (Fsp3) is 0.786. The Hall–Kier alpha value is -1.43. The van der Waals surface area contributed by atoms with E-state index in [0.29, 0.717) is 17.8 Å². The minimum atomic E-state index is -0.0663. The van der Waals surface area contributed by atoms with Crippen LogP contribution in [0.5, 0.6) is 0 Å². The molecule has 1 aromatic heterocycles. The average Bonchev–Trinajstić information content (AvgIpc) is 3.07. The van der Waals surface area contributed by atoms with E-state index >= 15 is 0 Å². The summed E-state index contributed by atoms with van der Waals surface area (Å²) in [7, 11) is 0. The molecule has 1 atom stereocenters. The highest BCUT2D eigenvalue weighted by Gasteiger charge is 2.25. The van der Waals surface area contributed by atoms with Gasteiger partial charge in [-0.3, -0.25) is 9.89 Å². The normalized spacial score (nSPS) is 18.7. The molecule has 6 heteroatoms. The maximum Gasteiger partial charge on any atom is 0.293 e. The first-order valence-electron chi connectivity index (χ1n) is 7.54. The summed E-state index contributed by atoms with van der Waals surface area (Å²) < 4.78 is 0. The molecule has 0 radical (unpaired) electrons.